The molecule has 0 aliphatic carbocycles. The first-order valence-electron chi connectivity index (χ1n) is 6.16. The fraction of sp³-hybridized carbons (Fsp3) is 0.308. The molecule has 0 fully saturated rings. The minimum atomic E-state index is -0.389. The van der Waals surface area contributed by atoms with Crippen LogP contribution in [0, 0.1) is 0 Å². The normalized spacial score (nSPS) is 10.4. The summed E-state index contributed by atoms with van der Waals surface area (Å²) in [6.07, 6.45) is 1.69. The first-order chi connectivity index (χ1) is 9.24. The highest BCUT2D eigenvalue weighted by Crippen LogP contribution is 2.15. The lowest BCUT2D eigenvalue weighted by molar-refractivity contribution is 0.101. The van der Waals surface area contributed by atoms with Gasteiger partial charge in [0, 0.05) is 17.7 Å². The summed E-state index contributed by atoms with van der Waals surface area (Å²) in [6.45, 7) is 1.89. The van der Waals surface area contributed by atoms with Crippen LogP contribution in [0.3, 0.4) is 0 Å². The summed E-state index contributed by atoms with van der Waals surface area (Å²) in [5, 5.41) is 18.5. The van der Waals surface area contributed by atoms with Crippen molar-refractivity contribution in [2.24, 2.45) is 0 Å². The van der Waals surface area contributed by atoms with Crippen molar-refractivity contribution in [2.45, 2.75) is 26.4 Å². The van der Waals surface area contributed by atoms with E-state index in [1.807, 2.05) is 6.92 Å². The van der Waals surface area contributed by atoms with E-state index in [-0.39, 0.29) is 18.3 Å². The number of rotatable bonds is 5. The Kier molecular flexibility index (Phi) is 4.25. The summed E-state index contributed by atoms with van der Waals surface area (Å²) in [5.41, 5.74) is 1.22. The largest absolute Gasteiger partial charge is 0.392 e. The van der Waals surface area contributed by atoms with Crippen molar-refractivity contribution in [2.75, 3.05) is 5.32 Å². The number of aromatic nitrogens is 3. The summed E-state index contributed by atoms with van der Waals surface area (Å²) < 4.78 is 0. The van der Waals surface area contributed by atoms with Gasteiger partial charge in [-0.3, -0.25) is 9.89 Å². The van der Waals surface area contributed by atoms with E-state index in [4.69, 9.17) is 0 Å². The predicted molar refractivity (Wildman–Crippen MR) is 70.7 cm³/mol. The number of hydrogen-bond acceptors (Lipinski definition) is 4. The standard InChI is InChI=1S/C13H16N4O2/c1-2-5-11-15-12(17-16-11)13(19)14-10-7-4-3-6-9(10)8-18/h3-4,6-7,18H,2,5,8H2,1H3,(H,14,19)(H,15,16,17). The molecule has 19 heavy (non-hydrogen) atoms. The molecule has 1 heterocycles. The van der Waals surface area contributed by atoms with Crippen molar-refractivity contribution in [3.63, 3.8) is 0 Å². The van der Waals surface area contributed by atoms with Crippen molar-refractivity contribution in [1.29, 1.82) is 0 Å². The first-order valence-corrected chi connectivity index (χ1v) is 6.16. The molecule has 1 aromatic heterocycles. The molecule has 0 saturated heterocycles. The Balaban J connectivity index is 2.11. The van der Waals surface area contributed by atoms with E-state index in [2.05, 4.69) is 20.5 Å². The highest BCUT2D eigenvalue weighted by molar-refractivity contribution is 6.01. The van der Waals surface area contributed by atoms with Gasteiger partial charge in [-0.1, -0.05) is 25.1 Å². The van der Waals surface area contributed by atoms with E-state index < -0.39 is 0 Å². The summed E-state index contributed by atoms with van der Waals surface area (Å²) in [6, 6.07) is 7.06. The Morgan fingerprint density at radius 1 is 1.42 bits per heavy atom. The molecule has 100 valence electrons. The first kappa shape index (κ1) is 13.2. The minimum Gasteiger partial charge on any atom is -0.392 e. The van der Waals surface area contributed by atoms with Gasteiger partial charge in [0.15, 0.2) is 0 Å². The second-order valence-electron chi connectivity index (χ2n) is 4.13. The number of nitrogens with zero attached hydrogens (tertiary/aromatic N) is 2. The average molecular weight is 260 g/mol. The molecule has 2 aromatic rings. The second-order valence-corrected chi connectivity index (χ2v) is 4.13. The van der Waals surface area contributed by atoms with E-state index in [0.717, 1.165) is 12.8 Å². The number of carbonyl (C=O) groups is 1. The maximum absolute atomic E-state index is 12.0. The molecule has 6 heteroatoms. The molecule has 0 radical (unpaired) electrons. The van der Waals surface area contributed by atoms with Crippen LogP contribution in [-0.2, 0) is 13.0 Å². The number of benzene rings is 1. The zero-order valence-electron chi connectivity index (χ0n) is 10.7. The van der Waals surface area contributed by atoms with Crippen LogP contribution in [0.1, 0.15) is 35.4 Å². The zero-order valence-corrected chi connectivity index (χ0v) is 10.7. The van der Waals surface area contributed by atoms with Crippen LogP contribution in [0.25, 0.3) is 0 Å². The van der Waals surface area contributed by atoms with E-state index in [0.29, 0.717) is 17.1 Å². The smallest absolute Gasteiger partial charge is 0.295 e. The van der Waals surface area contributed by atoms with Gasteiger partial charge in [0.1, 0.15) is 5.82 Å². The quantitative estimate of drug-likeness (QED) is 0.759. The minimum absolute atomic E-state index is 0.108. The number of hydrogen-bond donors (Lipinski definition) is 3. The molecule has 3 N–H and O–H groups in total. The molecule has 0 bridgehead atoms. The van der Waals surface area contributed by atoms with Crippen molar-refractivity contribution in [3.8, 4) is 0 Å². The monoisotopic (exact) mass is 260 g/mol. The van der Waals surface area contributed by atoms with Gasteiger partial charge in [-0.15, -0.1) is 5.10 Å². The molecule has 0 atom stereocenters. The molecular formula is C13H16N4O2. The fourth-order valence-corrected chi connectivity index (χ4v) is 1.70. The molecule has 0 saturated carbocycles. The number of anilines is 1. The maximum Gasteiger partial charge on any atom is 0.295 e. The third-order valence-electron chi connectivity index (χ3n) is 2.66. The Labute approximate surface area is 110 Å². The summed E-state index contributed by atoms with van der Waals surface area (Å²) >= 11 is 0. The van der Waals surface area contributed by atoms with Crippen LogP contribution in [0.15, 0.2) is 24.3 Å². The van der Waals surface area contributed by atoms with Crippen LogP contribution < -0.4 is 5.32 Å². The van der Waals surface area contributed by atoms with Gasteiger partial charge in [0.25, 0.3) is 5.91 Å². The summed E-state index contributed by atoms with van der Waals surface area (Å²) in [5.74, 6) is 0.416. The lowest BCUT2D eigenvalue weighted by Crippen LogP contribution is -2.15. The number of nitrogens with one attached hydrogen (secondary N) is 2. The number of H-pyrrole nitrogens is 1. The molecule has 0 spiro atoms. The van der Waals surface area contributed by atoms with Crippen LogP contribution in [0.2, 0.25) is 0 Å². The number of aromatic amines is 1. The van der Waals surface area contributed by atoms with E-state index >= 15 is 0 Å². The molecule has 0 unspecified atom stereocenters. The van der Waals surface area contributed by atoms with Gasteiger partial charge in [0.2, 0.25) is 5.82 Å². The van der Waals surface area contributed by atoms with Crippen molar-refractivity contribution < 1.29 is 9.90 Å². The molecular weight excluding hydrogens is 244 g/mol. The molecule has 6 nitrogen and oxygen atoms in total. The van der Waals surface area contributed by atoms with Gasteiger partial charge in [-0.2, -0.15) is 0 Å². The molecule has 0 aliphatic heterocycles. The van der Waals surface area contributed by atoms with Gasteiger partial charge in [-0.25, -0.2) is 4.98 Å². The average Bonchev–Trinajstić information content (AvgIpc) is 2.88. The third kappa shape index (κ3) is 3.17. The lowest BCUT2D eigenvalue weighted by Gasteiger charge is -2.07. The van der Waals surface area contributed by atoms with Crippen molar-refractivity contribution in [3.05, 3.63) is 41.5 Å². The SMILES string of the molecule is CCCc1nc(C(=O)Nc2ccccc2CO)n[nH]1. The third-order valence-corrected chi connectivity index (χ3v) is 2.66. The van der Waals surface area contributed by atoms with Crippen LogP contribution in [0.4, 0.5) is 5.69 Å². The van der Waals surface area contributed by atoms with Crippen LogP contribution >= 0.6 is 0 Å². The number of aryl methyl sites for hydroxylation is 1. The second kappa shape index (κ2) is 6.10. The predicted octanol–water partition coefficient (Wildman–Crippen LogP) is 1.50. The highest BCUT2D eigenvalue weighted by Gasteiger charge is 2.13. The van der Waals surface area contributed by atoms with E-state index in [9.17, 15) is 9.90 Å². The van der Waals surface area contributed by atoms with Crippen LogP contribution in [0.5, 0.6) is 0 Å². The number of para-hydroxylation sites is 1. The van der Waals surface area contributed by atoms with E-state index in [1.54, 1.807) is 24.3 Å². The molecule has 1 aromatic carbocycles. The molecule has 2 rings (SSSR count). The van der Waals surface area contributed by atoms with Gasteiger partial charge < -0.3 is 10.4 Å². The lowest BCUT2D eigenvalue weighted by atomic mass is 10.2. The Morgan fingerprint density at radius 3 is 2.95 bits per heavy atom. The van der Waals surface area contributed by atoms with Gasteiger partial charge >= 0.3 is 0 Å². The zero-order chi connectivity index (χ0) is 13.7. The topological polar surface area (TPSA) is 90.9 Å². The Bertz CT molecular complexity index is 565. The Hall–Kier alpha value is -2.21. The van der Waals surface area contributed by atoms with Crippen molar-refractivity contribution >= 4 is 11.6 Å². The summed E-state index contributed by atoms with van der Waals surface area (Å²) in [7, 11) is 0. The number of aliphatic hydroxyl groups is 1. The van der Waals surface area contributed by atoms with E-state index in [1.165, 1.54) is 0 Å². The number of amides is 1. The molecule has 1 amide bonds. The van der Waals surface area contributed by atoms with Crippen molar-refractivity contribution in [1.82, 2.24) is 15.2 Å². The van der Waals surface area contributed by atoms with Crippen LogP contribution in [-0.4, -0.2) is 26.2 Å². The summed E-state index contributed by atoms with van der Waals surface area (Å²) in [4.78, 5) is 16.1. The van der Waals surface area contributed by atoms with Gasteiger partial charge in [-0.05, 0) is 12.5 Å². The number of aliphatic hydroxyl groups excluding tert-OH is 1. The number of carbonyl (C=O) groups excluding carboxylic acids is 1. The fourth-order valence-electron chi connectivity index (χ4n) is 1.70. The molecule has 0 aliphatic rings. The highest BCUT2D eigenvalue weighted by atomic mass is 16.3. The van der Waals surface area contributed by atoms with Gasteiger partial charge in [0.05, 0.1) is 6.61 Å². The Morgan fingerprint density at radius 2 is 2.21 bits per heavy atom. The maximum atomic E-state index is 12.0.